The molecule has 1 aliphatic rings. The van der Waals surface area contributed by atoms with E-state index in [0.717, 1.165) is 30.4 Å². The Bertz CT molecular complexity index is 1460. The Morgan fingerprint density at radius 3 is 2.49 bits per heavy atom. The summed E-state index contributed by atoms with van der Waals surface area (Å²) in [6.45, 7) is 3.19. The van der Waals surface area contributed by atoms with E-state index in [1.165, 1.54) is 0 Å². The van der Waals surface area contributed by atoms with Crippen LogP contribution >= 0.6 is 0 Å². The third kappa shape index (κ3) is 4.84. The Balaban J connectivity index is 1.56. The number of hydrogen-bond donors (Lipinski definition) is 0. The summed E-state index contributed by atoms with van der Waals surface area (Å²) >= 11 is 0. The van der Waals surface area contributed by atoms with E-state index in [1.807, 2.05) is 48.5 Å². The first-order chi connectivity index (χ1) is 18.1. The van der Waals surface area contributed by atoms with Crippen LogP contribution in [0.3, 0.4) is 0 Å². The lowest BCUT2D eigenvalue weighted by molar-refractivity contribution is 0.0730. The van der Waals surface area contributed by atoms with Crippen molar-refractivity contribution in [1.29, 1.82) is 0 Å². The highest BCUT2D eigenvalue weighted by Gasteiger charge is 2.42. The minimum absolute atomic E-state index is 0.112. The molecule has 0 bridgehead atoms. The molecule has 1 unspecified atom stereocenters. The molecule has 37 heavy (non-hydrogen) atoms. The van der Waals surface area contributed by atoms with Gasteiger partial charge in [0.25, 0.3) is 5.91 Å². The first-order valence-corrected chi connectivity index (χ1v) is 12.8. The highest BCUT2D eigenvalue weighted by atomic mass is 16.5. The summed E-state index contributed by atoms with van der Waals surface area (Å²) in [6.07, 6.45) is 3.83. The van der Waals surface area contributed by atoms with Gasteiger partial charge in [-0.3, -0.25) is 9.59 Å². The average molecular weight is 498 g/mol. The Morgan fingerprint density at radius 1 is 0.919 bits per heavy atom. The number of benzene rings is 3. The highest BCUT2D eigenvalue weighted by molar-refractivity contribution is 5.99. The van der Waals surface area contributed by atoms with Gasteiger partial charge in [0.1, 0.15) is 5.58 Å². The SMILES string of the molecule is CCCCCOc1ccc(C2c3c(oc4ccccc4c3=O)C(=O)N2CCc2ccccc2)cc1OC. The molecule has 0 aliphatic carbocycles. The number of nitrogens with zero attached hydrogens (tertiary/aromatic N) is 1. The van der Waals surface area contributed by atoms with Gasteiger partial charge in [0, 0.05) is 6.54 Å². The maximum atomic E-state index is 13.7. The fraction of sp³-hybridized carbons (Fsp3) is 0.290. The molecular formula is C31H31NO5. The Morgan fingerprint density at radius 2 is 1.70 bits per heavy atom. The second kappa shape index (κ2) is 10.9. The zero-order chi connectivity index (χ0) is 25.8. The van der Waals surface area contributed by atoms with Gasteiger partial charge < -0.3 is 18.8 Å². The number of amides is 1. The summed E-state index contributed by atoms with van der Waals surface area (Å²) in [6, 6.07) is 22.1. The molecule has 0 saturated carbocycles. The van der Waals surface area contributed by atoms with E-state index >= 15 is 0 Å². The van der Waals surface area contributed by atoms with Crippen LogP contribution in [0.2, 0.25) is 0 Å². The van der Waals surface area contributed by atoms with Crippen molar-refractivity contribution in [3.05, 3.63) is 105 Å². The van der Waals surface area contributed by atoms with Gasteiger partial charge in [-0.25, -0.2) is 0 Å². The summed E-state index contributed by atoms with van der Waals surface area (Å²) in [5.74, 6) is 1.05. The van der Waals surface area contributed by atoms with Crippen LogP contribution in [-0.2, 0) is 6.42 Å². The van der Waals surface area contributed by atoms with Crippen molar-refractivity contribution >= 4 is 16.9 Å². The molecule has 1 aromatic heterocycles. The van der Waals surface area contributed by atoms with Crippen molar-refractivity contribution in [2.24, 2.45) is 0 Å². The lowest BCUT2D eigenvalue weighted by atomic mass is 9.97. The molecule has 1 amide bonds. The van der Waals surface area contributed by atoms with Crippen LogP contribution in [0.25, 0.3) is 11.0 Å². The molecule has 5 rings (SSSR count). The molecule has 0 N–H and O–H groups in total. The number of rotatable bonds is 10. The van der Waals surface area contributed by atoms with E-state index < -0.39 is 6.04 Å². The van der Waals surface area contributed by atoms with Gasteiger partial charge in [-0.05, 0) is 48.2 Å². The van der Waals surface area contributed by atoms with Crippen LogP contribution in [0.4, 0.5) is 0 Å². The molecule has 6 nitrogen and oxygen atoms in total. The number of fused-ring (bicyclic) bond motifs is 2. The van der Waals surface area contributed by atoms with E-state index in [4.69, 9.17) is 13.9 Å². The molecule has 0 radical (unpaired) electrons. The zero-order valence-electron chi connectivity index (χ0n) is 21.2. The smallest absolute Gasteiger partial charge is 0.290 e. The summed E-state index contributed by atoms with van der Waals surface area (Å²) in [7, 11) is 1.60. The molecule has 190 valence electrons. The van der Waals surface area contributed by atoms with E-state index in [0.29, 0.717) is 47.6 Å². The van der Waals surface area contributed by atoms with Crippen molar-refractivity contribution < 1.29 is 18.7 Å². The van der Waals surface area contributed by atoms with Gasteiger partial charge in [-0.15, -0.1) is 0 Å². The maximum Gasteiger partial charge on any atom is 0.290 e. The van der Waals surface area contributed by atoms with Crippen molar-refractivity contribution in [2.75, 3.05) is 20.3 Å². The molecule has 0 saturated heterocycles. The van der Waals surface area contributed by atoms with Crippen LogP contribution in [0, 0.1) is 0 Å². The minimum Gasteiger partial charge on any atom is -0.493 e. The van der Waals surface area contributed by atoms with E-state index in [-0.39, 0.29) is 17.1 Å². The van der Waals surface area contributed by atoms with Crippen molar-refractivity contribution in [3.8, 4) is 11.5 Å². The molecule has 6 heteroatoms. The van der Waals surface area contributed by atoms with Crippen LogP contribution in [0.1, 0.15) is 59.5 Å². The van der Waals surface area contributed by atoms with Crippen molar-refractivity contribution in [3.63, 3.8) is 0 Å². The van der Waals surface area contributed by atoms with Gasteiger partial charge in [-0.2, -0.15) is 0 Å². The quantitative estimate of drug-likeness (QED) is 0.246. The highest BCUT2D eigenvalue weighted by Crippen LogP contribution is 2.41. The molecule has 1 atom stereocenters. The van der Waals surface area contributed by atoms with Gasteiger partial charge in [0.2, 0.25) is 5.76 Å². The fourth-order valence-corrected chi connectivity index (χ4v) is 4.95. The Labute approximate surface area is 216 Å². The monoisotopic (exact) mass is 497 g/mol. The normalized spacial score (nSPS) is 14.7. The standard InChI is InChI=1S/C31H31NO5/c1-3-4-10-19-36-25-16-15-22(20-26(25)35-2)28-27-29(33)23-13-8-9-14-24(23)37-30(27)31(34)32(28)18-17-21-11-6-5-7-12-21/h5-9,11-16,20,28H,3-4,10,17-19H2,1-2H3. The van der Waals surface area contributed by atoms with Crippen molar-refractivity contribution in [2.45, 2.75) is 38.6 Å². The first kappa shape index (κ1) is 24.6. The second-order valence-corrected chi connectivity index (χ2v) is 9.27. The lowest BCUT2D eigenvalue weighted by Crippen LogP contribution is -2.31. The molecule has 4 aromatic rings. The molecule has 3 aromatic carbocycles. The summed E-state index contributed by atoms with van der Waals surface area (Å²) < 4.78 is 17.7. The Kier molecular flexibility index (Phi) is 7.26. The first-order valence-electron chi connectivity index (χ1n) is 12.8. The lowest BCUT2D eigenvalue weighted by Gasteiger charge is -2.26. The van der Waals surface area contributed by atoms with Crippen LogP contribution in [0.15, 0.2) is 82.0 Å². The summed E-state index contributed by atoms with van der Waals surface area (Å²) in [5, 5.41) is 0.465. The van der Waals surface area contributed by atoms with Gasteiger partial charge in [0.05, 0.1) is 30.7 Å². The summed E-state index contributed by atoms with van der Waals surface area (Å²) in [5.41, 5.74) is 2.49. The number of para-hydroxylation sites is 1. The molecule has 2 heterocycles. The molecular weight excluding hydrogens is 466 g/mol. The predicted octanol–water partition coefficient (Wildman–Crippen LogP) is 6.16. The third-order valence-corrected chi connectivity index (χ3v) is 6.87. The average Bonchev–Trinajstić information content (AvgIpc) is 3.22. The summed E-state index contributed by atoms with van der Waals surface area (Å²) in [4.78, 5) is 29.1. The largest absolute Gasteiger partial charge is 0.493 e. The number of carbonyl (C=O) groups excluding carboxylic acids is 1. The number of carbonyl (C=O) groups is 1. The number of methoxy groups -OCH3 is 1. The number of ether oxygens (including phenoxy) is 2. The number of hydrogen-bond acceptors (Lipinski definition) is 5. The third-order valence-electron chi connectivity index (χ3n) is 6.87. The molecule has 0 spiro atoms. The fourth-order valence-electron chi connectivity index (χ4n) is 4.95. The minimum atomic E-state index is -0.588. The van der Waals surface area contributed by atoms with Gasteiger partial charge in [-0.1, -0.05) is 68.3 Å². The van der Waals surface area contributed by atoms with Crippen LogP contribution in [-0.4, -0.2) is 31.1 Å². The van der Waals surface area contributed by atoms with E-state index in [1.54, 1.807) is 36.3 Å². The van der Waals surface area contributed by atoms with Crippen LogP contribution < -0.4 is 14.9 Å². The van der Waals surface area contributed by atoms with E-state index in [9.17, 15) is 9.59 Å². The predicted molar refractivity (Wildman–Crippen MR) is 144 cm³/mol. The van der Waals surface area contributed by atoms with Gasteiger partial charge >= 0.3 is 0 Å². The second-order valence-electron chi connectivity index (χ2n) is 9.27. The van der Waals surface area contributed by atoms with Crippen LogP contribution in [0.5, 0.6) is 11.5 Å². The molecule has 0 fully saturated rings. The molecule has 1 aliphatic heterocycles. The topological polar surface area (TPSA) is 69.0 Å². The van der Waals surface area contributed by atoms with Gasteiger partial charge in [0.15, 0.2) is 16.9 Å². The van der Waals surface area contributed by atoms with Crippen molar-refractivity contribution in [1.82, 2.24) is 4.90 Å². The number of unbranched alkanes of at least 4 members (excludes halogenated alkanes) is 2. The Hall–Kier alpha value is -4.06. The van der Waals surface area contributed by atoms with E-state index in [2.05, 4.69) is 6.92 Å². The zero-order valence-corrected chi connectivity index (χ0v) is 21.2. The maximum absolute atomic E-state index is 13.7.